The van der Waals surface area contributed by atoms with Crippen LogP contribution in [-0.2, 0) is 10.1 Å². The number of aryl methyl sites for hydroxylation is 2. The Balaban J connectivity index is 2.23. The molecule has 1 atom stereocenters. The minimum Gasteiger partial charge on any atom is -0.296 e. The SMILES string of the molecule is Cc1ccccc1P(=O)(N[C@](C)(C#N)c1ccccc1)c1ccccc1C. The minimum absolute atomic E-state index is 0.733. The summed E-state index contributed by atoms with van der Waals surface area (Å²) in [5, 5.41) is 14.7. The van der Waals surface area contributed by atoms with Gasteiger partial charge in [-0.05, 0) is 49.6 Å². The topological polar surface area (TPSA) is 52.9 Å². The van der Waals surface area contributed by atoms with Crippen LogP contribution in [0.4, 0.5) is 0 Å². The third-order valence-electron chi connectivity index (χ3n) is 4.87. The smallest absolute Gasteiger partial charge is 0.206 e. The second kappa shape index (κ2) is 7.53. The van der Waals surface area contributed by atoms with Crippen molar-refractivity contribution < 1.29 is 4.57 Å². The molecule has 0 unspecified atom stereocenters. The molecule has 0 aromatic heterocycles. The molecular weight excluding hydrogens is 351 g/mol. The Labute approximate surface area is 161 Å². The van der Waals surface area contributed by atoms with E-state index < -0.39 is 12.8 Å². The normalized spacial score (nSPS) is 13.6. The van der Waals surface area contributed by atoms with Crippen molar-refractivity contribution in [1.29, 1.82) is 5.26 Å². The van der Waals surface area contributed by atoms with Crippen LogP contribution in [0.25, 0.3) is 0 Å². The van der Waals surface area contributed by atoms with Crippen LogP contribution in [0.15, 0.2) is 78.9 Å². The fraction of sp³-hybridized carbons (Fsp3) is 0.174. The fourth-order valence-electron chi connectivity index (χ4n) is 3.32. The van der Waals surface area contributed by atoms with Crippen LogP contribution in [0.1, 0.15) is 23.6 Å². The molecule has 3 aromatic rings. The Morgan fingerprint density at radius 3 is 1.70 bits per heavy atom. The number of nitriles is 1. The van der Waals surface area contributed by atoms with Gasteiger partial charge in [0, 0.05) is 10.6 Å². The molecule has 0 saturated heterocycles. The molecule has 0 aliphatic heterocycles. The second-order valence-corrected chi connectivity index (χ2v) is 9.30. The van der Waals surface area contributed by atoms with Gasteiger partial charge in [-0.1, -0.05) is 66.7 Å². The third kappa shape index (κ3) is 3.60. The van der Waals surface area contributed by atoms with Gasteiger partial charge in [-0.15, -0.1) is 0 Å². The molecule has 0 saturated carbocycles. The maximum atomic E-state index is 14.5. The number of rotatable bonds is 5. The minimum atomic E-state index is -3.28. The Morgan fingerprint density at radius 2 is 1.26 bits per heavy atom. The predicted molar refractivity (Wildman–Crippen MR) is 112 cm³/mol. The number of benzene rings is 3. The zero-order valence-electron chi connectivity index (χ0n) is 15.8. The lowest BCUT2D eigenvalue weighted by Crippen LogP contribution is -2.42. The molecule has 3 rings (SSSR count). The Morgan fingerprint density at radius 1 is 0.815 bits per heavy atom. The average molecular weight is 374 g/mol. The Bertz CT molecular complexity index is 990. The first-order valence-corrected chi connectivity index (χ1v) is 10.6. The summed E-state index contributed by atoms with van der Waals surface area (Å²) in [6.07, 6.45) is 0. The second-order valence-electron chi connectivity index (χ2n) is 6.90. The van der Waals surface area contributed by atoms with E-state index in [1.807, 2.05) is 92.7 Å². The van der Waals surface area contributed by atoms with E-state index in [1.54, 1.807) is 6.92 Å². The first-order valence-electron chi connectivity index (χ1n) is 8.89. The van der Waals surface area contributed by atoms with Crippen LogP contribution in [0.2, 0.25) is 0 Å². The van der Waals surface area contributed by atoms with Crippen molar-refractivity contribution in [3.8, 4) is 6.07 Å². The van der Waals surface area contributed by atoms with Crippen LogP contribution in [0.3, 0.4) is 0 Å². The van der Waals surface area contributed by atoms with Crippen LogP contribution < -0.4 is 15.7 Å². The molecule has 0 radical (unpaired) electrons. The lowest BCUT2D eigenvalue weighted by Gasteiger charge is -2.32. The van der Waals surface area contributed by atoms with Gasteiger partial charge in [0.05, 0.1) is 6.07 Å². The number of hydrogen-bond donors (Lipinski definition) is 1. The van der Waals surface area contributed by atoms with Crippen LogP contribution in [-0.4, -0.2) is 0 Å². The van der Waals surface area contributed by atoms with E-state index in [-0.39, 0.29) is 0 Å². The molecule has 0 heterocycles. The van der Waals surface area contributed by atoms with Crippen molar-refractivity contribution in [1.82, 2.24) is 5.09 Å². The van der Waals surface area contributed by atoms with E-state index in [9.17, 15) is 9.83 Å². The number of nitrogens with one attached hydrogen (secondary N) is 1. The zero-order valence-corrected chi connectivity index (χ0v) is 16.7. The zero-order chi connectivity index (χ0) is 19.5. The van der Waals surface area contributed by atoms with Crippen molar-refractivity contribution >= 4 is 17.9 Å². The van der Waals surface area contributed by atoms with Gasteiger partial charge in [-0.3, -0.25) is 4.57 Å². The molecular formula is C23H23N2OP. The Hall–Kier alpha value is -2.66. The molecule has 4 heteroatoms. The lowest BCUT2D eigenvalue weighted by atomic mass is 9.95. The highest BCUT2D eigenvalue weighted by molar-refractivity contribution is 7.77. The fourth-order valence-corrected chi connectivity index (χ4v) is 6.37. The molecule has 0 amide bonds. The van der Waals surface area contributed by atoms with Crippen molar-refractivity contribution in [3.05, 3.63) is 95.6 Å². The van der Waals surface area contributed by atoms with Gasteiger partial charge in [0.15, 0.2) is 0 Å². The summed E-state index contributed by atoms with van der Waals surface area (Å²) in [6.45, 7) is 5.69. The third-order valence-corrected chi connectivity index (χ3v) is 7.99. The summed E-state index contributed by atoms with van der Waals surface area (Å²) in [4.78, 5) is 0. The van der Waals surface area contributed by atoms with Crippen LogP contribution in [0.5, 0.6) is 0 Å². The maximum Gasteiger partial charge on any atom is 0.206 e. The van der Waals surface area contributed by atoms with E-state index >= 15 is 0 Å². The summed E-state index contributed by atoms with van der Waals surface area (Å²) in [6, 6.07) is 27.1. The molecule has 0 bridgehead atoms. The van der Waals surface area contributed by atoms with Crippen LogP contribution >= 0.6 is 7.29 Å². The van der Waals surface area contributed by atoms with Crippen molar-refractivity contribution in [2.45, 2.75) is 26.3 Å². The molecule has 136 valence electrons. The van der Waals surface area contributed by atoms with Gasteiger partial charge in [-0.2, -0.15) is 5.26 Å². The largest absolute Gasteiger partial charge is 0.296 e. The van der Waals surface area contributed by atoms with Crippen molar-refractivity contribution in [2.75, 3.05) is 0 Å². The number of nitrogens with zero attached hydrogens (tertiary/aromatic N) is 1. The van der Waals surface area contributed by atoms with Gasteiger partial charge >= 0.3 is 0 Å². The highest BCUT2D eigenvalue weighted by Gasteiger charge is 2.39. The van der Waals surface area contributed by atoms with E-state index in [0.29, 0.717) is 0 Å². The highest BCUT2D eigenvalue weighted by atomic mass is 31.2. The van der Waals surface area contributed by atoms with E-state index in [4.69, 9.17) is 0 Å². The van der Waals surface area contributed by atoms with Crippen molar-refractivity contribution in [2.24, 2.45) is 0 Å². The molecule has 0 spiro atoms. The monoisotopic (exact) mass is 374 g/mol. The molecule has 0 aliphatic carbocycles. The van der Waals surface area contributed by atoms with E-state index in [1.165, 1.54) is 0 Å². The maximum absolute atomic E-state index is 14.5. The first kappa shape index (κ1) is 19.1. The molecule has 3 nitrogen and oxygen atoms in total. The van der Waals surface area contributed by atoms with Crippen molar-refractivity contribution in [3.63, 3.8) is 0 Å². The Kier molecular flexibility index (Phi) is 5.33. The summed E-state index contributed by atoms with van der Waals surface area (Å²) in [7, 11) is -3.28. The lowest BCUT2D eigenvalue weighted by molar-refractivity contribution is 0.532. The summed E-state index contributed by atoms with van der Waals surface area (Å²) >= 11 is 0. The number of hydrogen-bond acceptors (Lipinski definition) is 2. The first-order chi connectivity index (χ1) is 12.9. The average Bonchev–Trinajstić information content (AvgIpc) is 2.69. The standard InChI is InChI=1S/C23H23N2OP/c1-18-11-7-9-15-21(18)27(26,22-16-10-8-12-19(22)2)25-23(3,17-24)20-13-5-4-6-14-20/h4-16H,1-3H3,(H,25,26)/t23-/m1/s1. The molecule has 0 aliphatic rings. The highest BCUT2D eigenvalue weighted by Crippen LogP contribution is 2.45. The molecule has 27 heavy (non-hydrogen) atoms. The summed E-state index contributed by atoms with van der Waals surface area (Å²) in [5.74, 6) is 0. The van der Waals surface area contributed by atoms with Gasteiger partial charge in [-0.25, -0.2) is 5.09 Å². The van der Waals surface area contributed by atoms with E-state index in [2.05, 4.69) is 11.2 Å². The van der Waals surface area contributed by atoms with Gasteiger partial charge in [0.1, 0.15) is 5.54 Å². The molecule has 1 N–H and O–H groups in total. The van der Waals surface area contributed by atoms with Gasteiger partial charge < -0.3 is 0 Å². The molecule has 3 aromatic carbocycles. The van der Waals surface area contributed by atoms with E-state index in [0.717, 1.165) is 27.3 Å². The van der Waals surface area contributed by atoms with Gasteiger partial charge in [0.25, 0.3) is 0 Å². The van der Waals surface area contributed by atoms with Crippen LogP contribution in [0, 0.1) is 25.2 Å². The predicted octanol–water partition coefficient (Wildman–Crippen LogP) is 4.56. The summed E-state index contributed by atoms with van der Waals surface area (Å²) < 4.78 is 14.5. The quantitative estimate of drug-likeness (QED) is 0.666. The molecule has 0 fully saturated rings. The van der Waals surface area contributed by atoms with Gasteiger partial charge in [0.2, 0.25) is 7.29 Å². The summed E-state index contributed by atoms with van der Waals surface area (Å²) in [5.41, 5.74) is 1.56.